The first-order chi connectivity index (χ1) is 16.2. The molecule has 8 nitrogen and oxygen atoms in total. The van der Waals surface area contributed by atoms with Gasteiger partial charge in [0.05, 0.1) is 5.69 Å². The number of benzene rings is 1. The Kier molecular flexibility index (Phi) is 6.65. The Labute approximate surface area is 201 Å². The maximum Gasteiger partial charge on any atom is 0.337 e. The van der Waals surface area contributed by atoms with Crippen LogP contribution >= 0.6 is 11.6 Å². The van der Waals surface area contributed by atoms with Crippen molar-refractivity contribution in [2.45, 2.75) is 33.1 Å². The number of hydrogen-bond donors (Lipinski definition) is 3. The largest absolute Gasteiger partial charge is 0.337 e. The molecule has 10 heteroatoms. The molecule has 0 spiro atoms. The molecule has 3 aromatic heterocycles. The van der Waals surface area contributed by atoms with Crippen molar-refractivity contribution in [3.63, 3.8) is 0 Å². The Morgan fingerprint density at radius 1 is 1.15 bits per heavy atom. The van der Waals surface area contributed by atoms with Gasteiger partial charge < -0.3 is 5.32 Å². The lowest BCUT2D eigenvalue weighted by Crippen LogP contribution is -2.34. The number of nitrogens with one attached hydrogen (secondary N) is 3. The average molecular weight is 482 g/mol. The maximum absolute atomic E-state index is 13.1. The summed E-state index contributed by atoms with van der Waals surface area (Å²) in [6.07, 6.45) is 0.446. The number of hydrazine groups is 1. The van der Waals surface area contributed by atoms with E-state index in [0.717, 1.165) is 27.9 Å². The third-order valence-corrected chi connectivity index (χ3v) is 5.52. The predicted molar refractivity (Wildman–Crippen MR) is 132 cm³/mol. The minimum absolute atomic E-state index is 0.239. The molecule has 3 heterocycles. The van der Waals surface area contributed by atoms with Crippen LogP contribution in [0.3, 0.4) is 0 Å². The van der Waals surface area contributed by atoms with E-state index in [9.17, 15) is 9.18 Å². The summed E-state index contributed by atoms with van der Waals surface area (Å²) in [6, 6.07) is 10.8. The number of carbonyl (C=O) groups is 1. The Bertz CT molecular complexity index is 1350. The summed E-state index contributed by atoms with van der Waals surface area (Å²) in [4.78, 5) is 21.4. The summed E-state index contributed by atoms with van der Waals surface area (Å²) in [5.74, 6) is 0.447. The molecule has 0 atom stereocenters. The van der Waals surface area contributed by atoms with Crippen LogP contribution < -0.4 is 16.2 Å². The van der Waals surface area contributed by atoms with Gasteiger partial charge in [0, 0.05) is 30.2 Å². The van der Waals surface area contributed by atoms with E-state index < -0.39 is 6.03 Å². The zero-order valence-corrected chi connectivity index (χ0v) is 20.0. The van der Waals surface area contributed by atoms with Crippen molar-refractivity contribution in [3.8, 4) is 0 Å². The first-order valence-corrected chi connectivity index (χ1v) is 11.2. The van der Waals surface area contributed by atoms with Crippen molar-refractivity contribution in [2.75, 3.05) is 10.7 Å². The zero-order chi connectivity index (χ0) is 24.4. The normalized spacial score (nSPS) is 11.1. The van der Waals surface area contributed by atoms with Crippen LogP contribution in [0.2, 0.25) is 5.15 Å². The molecular weight excluding hydrogens is 457 g/mol. The van der Waals surface area contributed by atoms with Crippen molar-refractivity contribution in [2.24, 2.45) is 7.05 Å². The number of urea groups is 1. The molecule has 0 aliphatic carbocycles. The van der Waals surface area contributed by atoms with Crippen LogP contribution in [0.1, 0.15) is 42.3 Å². The van der Waals surface area contributed by atoms with Crippen LogP contribution in [0.25, 0.3) is 11.0 Å². The third-order valence-electron chi connectivity index (χ3n) is 5.33. The topological polar surface area (TPSA) is 96.8 Å². The van der Waals surface area contributed by atoms with E-state index >= 15 is 0 Å². The van der Waals surface area contributed by atoms with Crippen molar-refractivity contribution in [3.05, 3.63) is 75.9 Å². The zero-order valence-electron chi connectivity index (χ0n) is 19.3. The van der Waals surface area contributed by atoms with E-state index in [1.807, 2.05) is 20.0 Å². The van der Waals surface area contributed by atoms with E-state index in [-0.39, 0.29) is 16.9 Å². The standard InChI is InChI=1S/C24H25ClFN7O/c1-13(2)19-12-21(29-23-22(19)14(3)32-33(23)4)30-31-24(34)28-18-10-17(27-20(25)11-18)9-15-5-7-16(26)8-6-15/h5-8,10-13H,9H2,1-4H3,(H,29,30)(H2,27,28,31,34). The second-order valence-corrected chi connectivity index (χ2v) is 8.72. The molecule has 2 amide bonds. The summed E-state index contributed by atoms with van der Waals surface area (Å²) in [6.45, 7) is 6.16. The quantitative estimate of drug-likeness (QED) is 0.255. The fraction of sp³-hybridized carbons (Fsp3) is 0.250. The number of anilines is 2. The van der Waals surface area contributed by atoms with Crippen LogP contribution in [0, 0.1) is 12.7 Å². The predicted octanol–water partition coefficient (Wildman–Crippen LogP) is 5.33. The van der Waals surface area contributed by atoms with Gasteiger partial charge in [-0.05, 0) is 54.3 Å². The molecule has 3 N–H and O–H groups in total. The highest BCUT2D eigenvalue weighted by Gasteiger charge is 2.16. The maximum atomic E-state index is 13.1. The van der Waals surface area contributed by atoms with E-state index in [1.54, 1.807) is 28.9 Å². The number of carbonyl (C=O) groups excluding carboxylic acids is 1. The first-order valence-electron chi connectivity index (χ1n) is 10.8. The SMILES string of the molecule is Cc1nn(C)c2nc(NNC(=O)Nc3cc(Cl)nc(Cc4ccc(F)cc4)c3)cc(C(C)C)c12. The number of nitrogens with zero attached hydrogens (tertiary/aromatic N) is 4. The molecule has 0 radical (unpaired) electrons. The van der Waals surface area contributed by atoms with Gasteiger partial charge in [0.15, 0.2) is 5.65 Å². The Hall–Kier alpha value is -3.72. The summed E-state index contributed by atoms with van der Waals surface area (Å²) in [5.41, 5.74) is 10.2. The Morgan fingerprint density at radius 2 is 1.88 bits per heavy atom. The van der Waals surface area contributed by atoms with E-state index in [4.69, 9.17) is 11.6 Å². The summed E-state index contributed by atoms with van der Waals surface area (Å²) >= 11 is 6.14. The number of hydrogen-bond acceptors (Lipinski definition) is 5. The van der Waals surface area contributed by atoms with Crippen molar-refractivity contribution in [1.82, 2.24) is 25.2 Å². The fourth-order valence-electron chi connectivity index (χ4n) is 3.81. The fourth-order valence-corrected chi connectivity index (χ4v) is 4.03. The first kappa shape index (κ1) is 23.4. The molecule has 4 aromatic rings. The van der Waals surface area contributed by atoms with E-state index in [1.165, 1.54) is 12.1 Å². The van der Waals surface area contributed by atoms with Gasteiger partial charge in [-0.1, -0.05) is 37.6 Å². The Balaban J connectivity index is 1.46. The molecule has 0 saturated carbocycles. The number of fused-ring (bicyclic) bond motifs is 1. The molecule has 0 aliphatic heterocycles. The molecule has 0 bridgehead atoms. The van der Waals surface area contributed by atoms with Crippen LogP contribution in [-0.2, 0) is 13.5 Å². The highest BCUT2D eigenvalue weighted by atomic mass is 35.5. The number of pyridine rings is 2. The Morgan fingerprint density at radius 3 is 2.59 bits per heavy atom. The lowest BCUT2D eigenvalue weighted by Gasteiger charge is -2.14. The molecule has 0 fully saturated rings. The molecular formula is C24H25ClFN7O. The summed E-state index contributed by atoms with van der Waals surface area (Å²) in [5, 5.41) is 8.46. The van der Waals surface area contributed by atoms with Gasteiger partial charge in [-0.3, -0.25) is 15.5 Å². The van der Waals surface area contributed by atoms with Crippen LogP contribution in [0.15, 0.2) is 42.5 Å². The van der Waals surface area contributed by atoms with Gasteiger partial charge in [0.25, 0.3) is 0 Å². The average Bonchev–Trinajstić information content (AvgIpc) is 3.06. The summed E-state index contributed by atoms with van der Waals surface area (Å²) in [7, 11) is 1.84. The molecule has 176 valence electrons. The lowest BCUT2D eigenvalue weighted by atomic mass is 10.00. The summed E-state index contributed by atoms with van der Waals surface area (Å²) < 4.78 is 14.9. The molecule has 0 saturated heterocycles. The van der Waals surface area contributed by atoms with Crippen LogP contribution in [0.4, 0.5) is 20.7 Å². The third kappa shape index (κ3) is 5.26. The number of aromatic nitrogens is 4. The second-order valence-electron chi connectivity index (χ2n) is 8.34. The van der Waals surface area contributed by atoms with Crippen molar-refractivity contribution >= 4 is 40.2 Å². The lowest BCUT2D eigenvalue weighted by molar-refractivity contribution is 0.254. The highest BCUT2D eigenvalue weighted by Crippen LogP contribution is 2.29. The van der Waals surface area contributed by atoms with Crippen LogP contribution in [0.5, 0.6) is 0 Å². The van der Waals surface area contributed by atoms with Gasteiger partial charge in [0.2, 0.25) is 0 Å². The van der Waals surface area contributed by atoms with Gasteiger partial charge in [-0.2, -0.15) is 5.10 Å². The molecule has 0 unspecified atom stereocenters. The van der Waals surface area contributed by atoms with Gasteiger partial charge in [-0.25, -0.2) is 19.2 Å². The van der Waals surface area contributed by atoms with Crippen LogP contribution in [-0.4, -0.2) is 25.8 Å². The molecule has 34 heavy (non-hydrogen) atoms. The number of halogens is 2. The van der Waals surface area contributed by atoms with Gasteiger partial charge in [0.1, 0.15) is 16.8 Å². The van der Waals surface area contributed by atoms with Gasteiger partial charge >= 0.3 is 6.03 Å². The number of amides is 2. The minimum Gasteiger partial charge on any atom is -0.306 e. The van der Waals surface area contributed by atoms with Crippen molar-refractivity contribution < 1.29 is 9.18 Å². The number of rotatable bonds is 6. The van der Waals surface area contributed by atoms with Crippen molar-refractivity contribution in [1.29, 1.82) is 0 Å². The number of aryl methyl sites for hydroxylation is 2. The highest BCUT2D eigenvalue weighted by molar-refractivity contribution is 6.29. The monoisotopic (exact) mass is 481 g/mol. The van der Waals surface area contributed by atoms with E-state index in [0.29, 0.717) is 23.6 Å². The van der Waals surface area contributed by atoms with E-state index in [2.05, 4.69) is 45.1 Å². The minimum atomic E-state index is -0.496. The molecule has 0 aliphatic rings. The molecule has 1 aromatic carbocycles. The molecule has 4 rings (SSSR count). The smallest absolute Gasteiger partial charge is 0.306 e. The second kappa shape index (κ2) is 9.64. The van der Waals surface area contributed by atoms with Gasteiger partial charge in [-0.15, -0.1) is 0 Å².